The Morgan fingerprint density at radius 3 is 2.00 bits per heavy atom. The predicted molar refractivity (Wildman–Crippen MR) is 95.2 cm³/mol. The minimum Gasteiger partial charge on any atom is -0.350 e. The number of benzene rings is 2. The summed E-state index contributed by atoms with van der Waals surface area (Å²) >= 11 is 0. The molecule has 0 aliphatic carbocycles. The number of amides is 2. The van der Waals surface area contributed by atoms with Gasteiger partial charge in [0.15, 0.2) is 0 Å². The molecule has 0 radical (unpaired) electrons. The smallest absolute Gasteiger partial charge is 0.239 e. The number of nitrogens with one attached hydrogen (secondary N) is 1. The van der Waals surface area contributed by atoms with E-state index in [2.05, 4.69) is 5.32 Å². The van der Waals surface area contributed by atoms with Gasteiger partial charge in [0.2, 0.25) is 11.8 Å². The zero-order valence-electron chi connectivity index (χ0n) is 14.7. The van der Waals surface area contributed by atoms with E-state index < -0.39 is 0 Å². The van der Waals surface area contributed by atoms with Crippen molar-refractivity contribution in [1.82, 2.24) is 10.2 Å². The summed E-state index contributed by atoms with van der Waals surface area (Å²) < 4.78 is 25.7. The Hall–Kier alpha value is -2.76. The normalized spacial score (nSPS) is 10.4. The minimum absolute atomic E-state index is 0.0278. The van der Waals surface area contributed by atoms with Crippen molar-refractivity contribution < 1.29 is 18.4 Å². The van der Waals surface area contributed by atoms with Crippen LogP contribution in [-0.2, 0) is 22.6 Å². The summed E-state index contributed by atoms with van der Waals surface area (Å²) in [6.07, 6.45) is 0.748. The number of nitrogens with zero attached hydrogens (tertiary/aromatic N) is 1. The quantitative estimate of drug-likeness (QED) is 0.787. The molecule has 6 heteroatoms. The molecule has 0 saturated heterocycles. The summed E-state index contributed by atoms with van der Waals surface area (Å²) in [6, 6.07) is 11.9. The molecule has 2 aromatic carbocycles. The van der Waals surface area contributed by atoms with Crippen LogP contribution < -0.4 is 5.32 Å². The van der Waals surface area contributed by atoms with Gasteiger partial charge in [-0.3, -0.25) is 9.59 Å². The van der Waals surface area contributed by atoms with Crippen LogP contribution in [0.15, 0.2) is 48.5 Å². The first-order chi connectivity index (χ1) is 12.5. The lowest BCUT2D eigenvalue weighted by Gasteiger charge is -2.20. The van der Waals surface area contributed by atoms with Gasteiger partial charge in [0.1, 0.15) is 11.6 Å². The monoisotopic (exact) mass is 360 g/mol. The molecular weight excluding hydrogens is 338 g/mol. The van der Waals surface area contributed by atoms with Crippen molar-refractivity contribution in [3.05, 3.63) is 71.3 Å². The van der Waals surface area contributed by atoms with Crippen LogP contribution in [0.5, 0.6) is 0 Å². The second-order valence-corrected chi connectivity index (χ2v) is 5.94. The molecular formula is C20H22F2N2O2. The lowest BCUT2D eigenvalue weighted by molar-refractivity contribution is -0.135. The standard InChI is InChI=1S/C20H22F2N2O2/c1-2-24(20(26)12-7-15-3-8-17(21)9-4-15)14-19(25)23-13-16-5-10-18(22)11-6-16/h3-6,8-11H,2,7,12-14H2,1H3,(H,23,25). The van der Waals surface area contributed by atoms with Gasteiger partial charge in [-0.25, -0.2) is 8.78 Å². The van der Waals surface area contributed by atoms with Crippen LogP contribution in [0.1, 0.15) is 24.5 Å². The fourth-order valence-corrected chi connectivity index (χ4v) is 2.47. The van der Waals surface area contributed by atoms with Crippen molar-refractivity contribution >= 4 is 11.8 Å². The Morgan fingerprint density at radius 2 is 1.46 bits per heavy atom. The second-order valence-electron chi connectivity index (χ2n) is 5.94. The van der Waals surface area contributed by atoms with E-state index >= 15 is 0 Å². The van der Waals surface area contributed by atoms with Gasteiger partial charge >= 0.3 is 0 Å². The number of aryl methyl sites for hydroxylation is 1. The summed E-state index contributed by atoms with van der Waals surface area (Å²) in [5.41, 5.74) is 1.65. The Balaban J connectivity index is 1.78. The number of rotatable bonds is 8. The zero-order chi connectivity index (χ0) is 18.9. The second kappa shape index (κ2) is 9.65. The lowest BCUT2D eigenvalue weighted by atomic mass is 10.1. The minimum atomic E-state index is -0.330. The van der Waals surface area contributed by atoms with Crippen molar-refractivity contribution in [2.45, 2.75) is 26.3 Å². The third-order valence-electron chi connectivity index (χ3n) is 4.01. The first-order valence-electron chi connectivity index (χ1n) is 8.51. The highest BCUT2D eigenvalue weighted by Gasteiger charge is 2.15. The summed E-state index contributed by atoms with van der Waals surface area (Å²) in [6.45, 7) is 2.48. The van der Waals surface area contributed by atoms with Crippen LogP contribution >= 0.6 is 0 Å². The van der Waals surface area contributed by atoms with Gasteiger partial charge in [-0.1, -0.05) is 24.3 Å². The maximum atomic E-state index is 12.9. The Bertz CT molecular complexity index is 730. The highest BCUT2D eigenvalue weighted by atomic mass is 19.1. The average Bonchev–Trinajstić information content (AvgIpc) is 2.65. The maximum Gasteiger partial charge on any atom is 0.239 e. The molecule has 26 heavy (non-hydrogen) atoms. The van der Waals surface area contributed by atoms with Crippen molar-refractivity contribution in [2.75, 3.05) is 13.1 Å². The summed E-state index contributed by atoms with van der Waals surface area (Å²) in [4.78, 5) is 25.8. The first-order valence-corrected chi connectivity index (χ1v) is 8.51. The molecule has 0 heterocycles. The number of carbonyl (C=O) groups is 2. The van der Waals surface area contributed by atoms with Crippen LogP contribution in [0.25, 0.3) is 0 Å². The molecule has 2 rings (SSSR count). The molecule has 0 saturated carbocycles. The molecule has 138 valence electrons. The predicted octanol–water partition coefficient (Wildman–Crippen LogP) is 3.06. The molecule has 2 aromatic rings. The van der Waals surface area contributed by atoms with E-state index in [4.69, 9.17) is 0 Å². The van der Waals surface area contributed by atoms with E-state index in [1.807, 2.05) is 6.92 Å². The van der Waals surface area contributed by atoms with Crippen LogP contribution in [-0.4, -0.2) is 29.8 Å². The van der Waals surface area contributed by atoms with Gasteiger partial charge in [0, 0.05) is 19.5 Å². The van der Waals surface area contributed by atoms with Crippen molar-refractivity contribution in [3.63, 3.8) is 0 Å². The van der Waals surface area contributed by atoms with Gasteiger partial charge in [-0.05, 0) is 48.7 Å². The number of likely N-dealkylation sites (N-methyl/N-ethyl adjacent to an activating group) is 1. The molecule has 0 aliphatic rings. The van der Waals surface area contributed by atoms with Gasteiger partial charge in [0.25, 0.3) is 0 Å². The molecule has 0 atom stereocenters. The summed E-state index contributed by atoms with van der Waals surface area (Å²) in [7, 11) is 0. The topological polar surface area (TPSA) is 49.4 Å². The van der Waals surface area contributed by atoms with Crippen LogP contribution in [0.2, 0.25) is 0 Å². The van der Waals surface area contributed by atoms with E-state index in [-0.39, 0.29) is 43.0 Å². The van der Waals surface area contributed by atoms with Gasteiger partial charge in [-0.2, -0.15) is 0 Å². The van der Waals surface area contributed by atoms with E-state index in [9.17, 15) is 18.4 Å². The van der Waals surface area contributed by atoms with E-state index in [0.29, 0.717) is 13.0 Å². The number of halogens is 2. The van der Waals surface area contributed by atoms with Crippen molar-refractivity contribution in [2.24, 2.45) is 0 Å². The molecule has 0 aliphatic heterocycles. The fraction of sp³-hybridized carbons (Fsp3) is 0.300. The van der Waals surface area contributed by atoms with Gasteiger partial charge in [0.05, 0.1) is 6.54 Å². The summed E-state index contributed by atoms with van der Waals surface area (Å²) in [5, 5.41) is 2.72. The molecule has 0 fully saturated rings. The molecule has 1 N–H and O–H groups in total. The number of hydrogen-bond acceptors (Lipinski definition) is 2. The average molecular weight is 360 g/mol. The zero-order valence-corrected chi connectivity index (χ0v) is 14.7. The van der Waals surface area contributed by atoms with E-state index in [1.165, 1.54) is 29.2 Å². The lowest BCUT2D eigenvalue weighted by Crippen LogP contribution is -2.40. The Kier molecular flexibility index (Phi) is 7.26. The van der Waals surface area contributed by atoms with Crippen LogP contribution in [0, 0.1) is 11.6 Å². The molecule has 0 spiro atoms. The van der Waals surface area contributed by atoms with Crippen molar-refractivity contribution in [1.29, 1.82) is 0 Å². The first kappa shape index (κ1) is 19.6. The summed E-state index contributed by atoms with van der Waals surface area (Å²) in [5.74, 6) is -1.04. The number of carbonyl (C=O) groups excluding carboxylic acids is 2. The largest absolute Gasteiger partial charge is 0.350 e. The Morgan fingerprint density at radius 1 is 0.923 bits per heavy atom. The van der Waals surface area contributed by atoms with E-state index in [1.54, 1.807) is 24.3 Å². The Labute approximate surface area is 151 Å². The fourth-order valence-electron chi connectivity index (χ4n) is 2.47. The maximum absolute atomic E-state index is 12.9. The van der Waals surface area contributed by atoms with E-state index in [0.717, 1.165) is 11.1 Å². The third-order valence-corrected chi connectivity index (χ3v) is 4.01. The molecule has 4 nitrogen and oxygen atoms in total. The van der Waals surface area contributed by atoms with Crippen LogP contribution in [0.4, 0.5) is 8.78 Å². The molecule has 2 amide bonds. The highest BCUT2D eigenvalue weighted by Crippen LogP contribution is 2.07. The van der Waals surface area contributed by atoms with Gasteiger partial charge < -0.3 is 10.2 Å². The van der Waals surface area contributed by atoms with Crippen LogP contribution in [0.3, 0.4) is 0 Å². The molecule has 0 unspecified atom stereocenters. The third kappa shape index (κ3) is 6.27. The SMILES string of the molecule is CCN(CC(=O)NCc1ccc(F)cc1)C(=O)CCc1ccc(F)cc1. The van der Waals surface area contributed by atoms with Crippen molar-refractivity contribution in [3.8, 4) is 0 Å². The molecule has 0 bridgehead atoms. The highest BCUT2D eigenvalue weighted by molar-refractivity contribution is 5.84. The number of hydrogen-bond donors (Lipinski definition) is 1. The van der Waals surface area contributed by atoms with Gasteiger partial charge in [-0.15, -0.1) is 0 Å². The molecule has 0 aromatic heterocycles.